The molecule has 0 amide bonds. The molecule has 3 rings (SSSR count). The molecule has 1 saturated heterocycles. The van der Waals surface area contributed by atoms with E-state index in [4.69, 9.17) is 0 Å². The summed E-state index contributed by atoms with van der Waals surface area (Å²) in [6.07, 6.45) is 5.71. The normalized spacial score (nSPS) is 15.5. The summed E-state index contributed by atoms with van der Waals surface area (Å²) in [6, 6.07) is 12.4. The van der Waals surface area contributed by atoms with Crippen LogP contribution in [0.25, 0.3) is 0 Å². The standard InChI is InChI=1S/C21H31N7/c1-22-20(24-13-9-19-7-3-2-4-8-19)23-12-6-14-27-15-17-28(18-16-27)21-25-10-5-11-26-21/h2-5,7-8,10-11H,6,9,12-18H2,1H3,(H2,22,23,24). The molecule has 7 nitrogen and oxygen atoms in total. The quantitative estimate of drug-likeness (QED) is 0.409. The number of guanidine groups is 1. The van der Waals surface area contributed by atoms with Gasteiger partial charge >= 0.3 is 0 Å². The summed E-state index contributed by atoms with van der Waals surface area (Å²) < 4.78 is 0. The minimum Gasteiger partial charge on any atom is -0.356 e. The molecule has 0 atom stereocenters. The molecule has 0 saturated carbocycles. The van der Waals surface area contributed by atoms with Crippen LogP contribution >= 0.6 is 0 Å². The van der Waals surface area contributed by atoms with Gasteiger partial charge in [0.2, 0.25) is 5.95 Å². The van der Waals surface area contributed by atoms with Gasteiger partial charge in [0.1, 0.15) is 0 Å². The van der Waals surface area contributed by atoms with Crippen LogP contribution in [0.5, 0.6) is 0 Å². The van der Waals surface area contributed by atoms with E-state index in [-0.39, 0.29) is 0 Å². The van der Waals surface area contributed by atoms with E-state index >= 15 is 0 Å². The van der Waals surface area contributed by atoms with Gasteiger partial charge in [0.25, 0.3) is 0 Å². The Hall–Kier alpha value is -2.67. The maximum Gasteiger partial charge on any atom is 0.225 e. The van der Waals surface area contributed by atoms with Crippen molar-refractivity contribution < 1.29 is 0 Å². The van der Waals surface area contributed by atoms with E-state index in [1.54, 1.807) is 12.4 Å². The van der Waals surface area contributed by atoms with Gasteiger partial charge in [-0.25, -0.2) is 9.97 Å². The Bertz CT molecular complexity index is 697. The van der Waals surface area contributed by atoms with Gasteiger partial charge in [-0.05, 0) is 31.0 Å². The molecule has 1 aliphatic rings. The van der Waals surface area contributed by atoms with Gasteiger partial charge in [-0.15, -0.1) is 0 Å². The summed E-state index contributed by atoms with van der Waals surface area (Å²) in [4.78, 5) is 17.8. The third-order valence-electron chi connectivity index (χ3n) is 4.92. The van der Waals surface area contributed by atoms with Crippen molar-refractivity contribution in [3.63, 3.8) is 0 Å². The predicted molar refractivity (Wildman–Crippen MR) is 115 cm³/mol. The second-order valence-corrected chi connectivity index (χ2v) is 6.89. The Kier molecular flexibility index (Phi) is 8.06. The van der Waals surface area contributed by atoms with Gasteiger partial charge in [-0.3, -0.25) is 9.89 Å². The number of nitrogens with one attached hydrogen (secondary N) is 2. The van der Waals surface area contributed by atoms with E-state index in [9.17, 15) is 0 Å². The van der Waals surface area contributed by atoms with Crippen LogP contribution in [0.3, 0.4) is 0 Å². The van der Waals surface area contributed by atoms with E-state index in [0.29, 0.717) is 0 Å². The van der Waals surface area contributed by atoms with Crippen molar-refractivity contribution in [2.45, 2.75) is 12.8 Å². The molecule has 28 heavy (non-hydrogen) atoms. The molecule has 2 aromatic rings. The molecule has 1 aromatic carbocycles. The highest BCUT2D eigenvalue weighted by atomic mass is 15.3. The number of aromatic nitrogens is 2. The number of benzene rings is 1. The first-order valence-corrected chi connectivity index (χ1v) is 10.1. The van der Waals surface area contributed by atoms with Crippen molar-refractivity contribution >= 4 is 11.9 Å². The fourth-order valence-corrected chi connectivity index (χ4v) is 3.33. The monoisotopic (exact) mass is 381 g/mol. The van der Waals surface area contributed by atoms with Crippen molar-refractivity contribution in [2.75, 3.05) is 57.8 Å². The predicted octanol–water partition coefficient (Wildman–Crippen LogP) is 1.40. The third-order valence-corrected chi connectivity index (χ3v) is 4.92. The average Bonchev–Trinajstić information content (AvgIpc) is 2.77. The summed E-state index contributed by atoms with van der Waals surface area (Å²) in [5.41, 5.74) is 1.34. The Morgan fingerprint density at radius 3 is 2.39 bits per heavy atom. The molecule has 150 valence electrons. The van der Waals surface area contributed by atoms with Gasteiger partial charge in [0.15, 0.2) is 5.96 Å². The zero-order chi connectivity index (χ0) is 19.4. The maximum atomic E-state index is 4.34. The largest absolute Gasteiger partial charge is 0.356 e. The van der Waals surface area contributed by atoms with Crippen LogP contribution in [0.2, 0.25) is 0 Å². The van der Waals surface area contributed by atoms with Gasteiger partial charge in [0.05, 0.1) is 0 Å². The van der Waals surface area contributed by atoms with E-state index < -0.39 is 0 Å². The number of anilines is 1. The first-order chi connectivity index (χ1) is 13.8. The van der Waals surface area contributed by atoms with Crippen LogP contribution in [0.4, 0.5) is 5.95 Å². The highest BCUT2D eigenvalue weighted by Crippen LogP contribution is 2.09. The molecule has 2 heterocycles. The minimum absolute atomic E-state index is 0.842. The molecule has 1 fully saturated rings. The molecule has 1 aromatic heterocycles. The van der Waals surface area contributed by atoms with Crippen LogP contribution in [0, 0.1) is 0 Å². The van der Waals surface area contributed by atoms with Gasteiger partial charge in [-0.2, -0.15) is 0 Å². The van der Waals surface area contributed by atoms with Crippen molar-refractivity contribution in [3.8, 4) is 0 Å². The molecule has 2 N–H and O–H groups in total. The molecule has 7 heteroatoms. The lowest BCUT2D eigenvalue weighted by Gasteiger charge is -2.34. The summed E-state index contributed by atoms with van der Waals surface area (Å²) in [6.45, 7) is 6.99. The highest BCUT2D eigenvalue weighted by molar-refractivity contribution is 5.79. The van der Waals surface area contributed by atoms with Crippen molar-refractivity contribution in [1.29, 1.82) is 0 Å². The molecule has 0 unspecified atom stereocenters. The van der Waals surface area contributed by atoms with Crippen molar-refractivity contribution in [3.05, 3.63) is 54.4 Å². The summed E-state index contributed by atoms with van der Waals surface area (Å²) in [7, 11) is 1.82. The lowest BCUT2D eigenvalue weighted by molar-refractivity contribution is 0.254. The third kappa shape index (κ3) is 6.49. The van der Waals surface area contributed by atoms with Crippen molar-refractivity contribution in [1.82, 2.24) is 25.5 Å². The fourth-order valence-electron chi connectivity index (χ4n) is 3.33. The second-order valence-electron chi connectivity index (χ2n) is 6.89. The van der Waals surface area contributed by atoms with Crippen LogP contribution in [0.1, 0.15) is 12.0 Å². The van der Waals surface area contributed by atoms with Crippen LogP contribution < -0.4 is 15.5 Å². The molecule has 0 spiro atoms. The van der Waals surface area contributed by atoms with E-state index in [1.807, 2.05) is 19.2 Å². The SMILES string of the molecule is CN=C(NCCCN1CCN(c2ncccn2)CC1)NCCc1ccccc1. The average molecular weight is 382 g/mol. The molecule has 0 aliphatic carbocycles. The number of nitrogens with zero attached hydrogens (tertiary/aromatic N) is 5. The molecule has 0 radical (unpaired) electrons. The molecular weight excluding hydrogens is 350 g/mol. The number of piperazine rings is 1. The summed E-state index contributed by atoms with van der Waals surface area (Å²) in [5.74, 6) is 1.72. The maximum absolute atomic E-state index is 4.34. The fraction of sp³-hybridized carbons (Fsp3) is 0.476. The Morgan fingerprint density at radius 2 is 1.68 bits per heavy atom. The summed E-state index contributed by atoms with van der Waals surface area (Å²) in [5, 5.41) is 6.80. The minimum atomic E-state index is 0.842. The number of aliphatic imine (C=N–C) groups is 1. The Balaban J connectivity index is 1.27. The van der Waals surface area contributed by atoms with Crippen LogP contribution in [-0.4, -0.2) is 73.7 Å². The second kappa shape index (κ2) is 11.2. The highest BCUT2D eigenvalue weighted by Gasteiger charge is 2.18. The topological polar surface area (TPSA) is 68.7 Å². The Morgan fingerprint density at radius 1 is 0.964 bits per heavy atom. The van der Waals surface area contributed by atoms with Crippen LogP contribution in [0.15, 0.2) is 53.8 Å². The summed E-state index contributed by atoms with van der Waals surface area (Å²) >= 11 is 0. The van der Waals surface area contributed by atoms with E-state index in [0.717, 1.165) is 70.6 Å². The molecule has 0 bridgehead atoms. The van der Waals surface area contributed by atoms with Crippen molar-refractivity contribution in [2.24, 2.45) is 4.99 Å². The smallest absolute Gasteiger partial charge is 0.225 e. The van der Waals surface area contributed by atoms with E-state index in [1.165, 1.54) is 5.56 Å². The van der Waals surface area contributed by atoms with Gasteiger partial charge in [0, 0.05) is 58.7 Å². The number of rotatable bonds is 8. The number of hydrogen-bond acceptors (Lipinski definition) is 5. The van der Waals surface area contributed by atoms with Crippen LogP contribution in [-0.2, 0) is 6.42 Å². The Labute approximate surface area is 167 Å². The zero-order valence-corrected chi connectivity index (χ0v) is 16.7. The molecular formula is C21H31N7. The lowest BCUT2D eigenvalue weighted by Crippen LogP contribution is -2.47. The molecule has 1 aliphatic heterocycles. The van der Waals surface area contributed by atoms with E-state index in [2.05, 4.69) is 59.7 Å². The first-order valence-electron chi connectivity index (χ1n) is 10.1. The van der Waals surface area contributed by atoms with Gasteiger partial charge < -0.3 is 15.5 Å². The number of hydrogen-bond donors (Lipinski definition) is 2. The van der Waals surface area contributed by atoms with Gasteiger partial charge in [-0.1, -0.05) is 30.3 Å². The first kappa shape index (κ1) is 20.1. The lowest BCUT2D eigenvalue weighted by atomic mass is 10.1. The zero-order valence-electron chi connectivity index (χ0n) is 16.7.